The van der Waals surface area contributed by atoms with Crippen molar-refractivity contribution in [2.24, 2.45) is 0 Å². The standard InChI is InChI=1S/C7H10N2O3/c1-3-9-6(10)5(7(11)12)4(2)8-9/h8H,3H2,1-2H3,(H,11,12). The first-order valence-corrected chi connectivity index (χ1v) is 3.60. The molecular weight excluding hydrogens is 160 g/mol. The molecule has 1 aromatic heterocycles. The van der Waals surface area contributed by atoms with Gasteiger partial charge in [0.2, 0.25) is 0 Å². The van der Waals surface area contributed by atoms with Crippen LogP contribution in [0, 0.1) is 6.92 Å². The number of H-pyrrole nitrogens is 1. The first kappa shape index (κ1) is 8.58. The van der Waals surface area contributed by atoms with Crippen molar-refractivity contribution in [2.45, 2.75) is 20.4 Å². The maximum Gasteiger partial charge on any atom is 0.343 e. The summed E-state index contributed by atoms with van der Waals surface area (Å²) in [7, 11) is 0. The van der Waals surface area contributed by atoms with Crippen LogP contribution in [-0.4, -0.2) is 20.9 Å². The van der Waals surface area contributed by atoms with Crippen LogP contribution in [0.4, 0.5) is 0 Å². The molecular formula is C7H10N2O3. The molecule has 1 rings (SSSR count). The SMILES string of the molecule is CCn1[nH]c(C)c(C(=O)O)c1=O. The highest BCUT2D eigenvalue weighted by Crippen LogP contribution is 1.98. The van der Waals surface area contributed by atoms with Gasteiger partial charge in [-0.15, -0.1) is 0 Å². The first-order valence-electron chi connectivity index (χ1n) is 3.60. The molecule has 2 N–H and O–H groups in total. The lowest BCUT2D eigenvalue weighted by Crippen LogP contribution is -2.20. The molecule has 0 spiro atoms. The summed E-state index contributed by atoms with van der Waals surface area (Å²) in [4.78, 5) is 21.8. The number of aryl methyl sites for hydroxylation is 2. The maximum absolute atomic E-state index is 11.2. The molecule has 0 aliphatic heterocycles. The molecule has 0 aliphatic rings. The average Bonchev–Trinajstić information content (AvgIpc) is 2.25. The molecule has 12 heavy (non-hydrogen) atoms. The van der Waals surface area contributed by atoms with Crippen LogP contribution in [-0.2, 0) is 6.54 Å². The minimum atomic E-state index is -1.18. The highest BCUT2D eigenvalue weighted by Gasteiger charge is 2.16. The number of carbonyl (C=O) groups is 1. The molecule has 0 saturated heterocycles. The number of carboxylic acid groups (broad SMARTS) is 1. The van der Waals surface area contributed by atoms with E-state index < -0.39 is 11.5 Å². The van der Waals surface area contributed by atoms with E-state index in [-0.39, 0.29) is 5.56 Å². The van der Waals surface area contributed by atoms with Crippen LogP contribution in [0.3, 0.4) is 0 Å². The lowest BCUT2D eigenvalue weighted by molar-refractivity contribution is 0.0694. The van der Waals surface area contributed by atoms with Gasteiger partial charge in [-0.25, -0.2) is 4.79 Å². The van der Waals surface area contributed by atoms with Gasteiger partial charge in [-0.1, -0.05) is 0 Å². The Kier molecular flexibility index (Phi) is 2.03. The van der Waals surface area contributed by atoms with Gasteiger partial charge in [0.1, 0.15) is 5.56 Å². The van der Waals surface area contributed by atoms with Crippen molar-refractivity contribution in [2.75, 3.05) is 0 Å². The van der Waals surface area contributed by atoms with Crippen LogP contribution in [0.2, 0.25) is 0 Å². The van der Waals surface area contributed by atoms with Crippen molar-refractivity contribution >= 4 is 5.97 Å². The van der Waals surface area contributed by atoms with Crippen molar-refractivity contribution in [1.82, 2.24) is 9.78 Å². The second-order valence-corrected chi connectivity index (χ2v) is 2.47. The van der Waals surface area contributed by atoms with E-state index in [4.69, 9.17) is 5.11 Å². The Labute approximate surface area is 68.6 Å². The van der Waals surface area contributed by atoms with Crippen LogP contribution in [0.25, 0.3) is 0 Å². The van der Waals surface area contributed by atoms with E-state index >= 15 is 0 Å². The molecule has 1 heterocycles. The zero-order chi connectivity index (χ0) is 9.30. The third kappa shape index (κ3) is 1.13. The molecule has 0 aliphatic carbocycles. The van der Waals surface area contributed by atoms with Gasteiger partial charge in [-0.3, -0.25) is 14.6 Å². The Morgan fingerprint density at radius 1 is 1.67 bits per heavy atom. The van der Waals surface area contributed by atoms with Gasteiger partial charge in [0.15, 0.2) is 0 Å². The van der Waals surface area contributed by atoms with Gasteiger partial charge < -0.3 is 5.11 Å². The zero-order valence-corrected chi connectivity index (χ0v) is 6.92. The quantitative estimate of drug-likeness (QED) is 0.665. The third-order valence-corrected chi connectivity index (χ3v) is 1.67. The van der Waals surface area contributed by atoms with E-state index in [1.165, 1.54) is 4.68 Å². The van der Waals surface area contributed by atoms with Crippen LogP contribution in [0.1, 0.15) is 23.0 Å². The molecule has 1 aromatic rings. The van der Waals surface area contributed by atoms with E-state index in [9.17, 15) is 9.59 Å². The maximum atomic E-state index is 11.2. The molecule has 0 aromatic carbocycles. The number of aromatic nitrogens is 2. The van der Waals surface area contributed by atoms with Crippen molar-refractivity contribution in [1.29, 1.82) is 0 Å². The molecule has 0 unspecified atom stereocenters. The van der Waals surface area contributed by atoms with Gasteiger partial charge >= 0.3 is 5.97 Å². The van der Waals surface area contributed by atoms with E-state index in [0.717, 1.165) is 0 Å². The van der Waals surface area contributed by atoms with Crippen LogP contribution in [0.5, 0.6) is 0 Å². The van der Waals surface area contributed by atoms with E-state index in [2.05, 4.69) is 5.10 Å². The number of nitrogens with zero attached hydrogens (tertiary/aromatic N) is 1. The van der Waals surface area contributed by atoms with Crippen molar-refractivity contribution in [3.8, 4) is 0 Å². The van der Waals surface area contributed by atoms with Gasteiger partial charge in [-0.2, -0.15) is 0 Å². The zero-order valence-electron chi connectivity index (χ0n) is 6.92. The Bertz CT molecular complexity index is 361. The summed E-state index contributed by atoms with van der Waals surface area (Å²) in [5.74, 6) is -1.18. The average molecular weight is 170 g/mol. The Hall–Kier alpha value is -1.52. The number of nitrogens with one attached hydrogen (secondary N) is 1. The molecule has 66 valence electrons. The molecule has 0 amide bonds. The highest BCUT2D eigenvalue weighted by atomic mass is 16.4. The minimum Gasteiger partial charge on any atom is -0.477 e. The van der Waals surface area contributed by atoms with Crippen molar-refractivity contribution < 1.29 is 9.90 Å². The van der Waals surface area contributed by atoms with Gasteiger partial charge in [0.05, 0.1) is 0 Å². The van der Waals surface area contributed by atoms with Crippen LogP contribution < -0.4 is 5.56 Å². The first-order chi connectivity index (χ1) is 5.57. The van der Waals surface area contributed by atoms with Gasteiger partial charge in [0, 0.05) is 12.2 Å². The number of carboxylic acids is 1. The normalized spacial score (nSPS) is 10.2. The summed E-state index contributed by atoms with van der Waals surface area (Å²) in [5.41, 5.74) is -0.242. The van der Waals surface area contributed by atoms with E-state index in [0.29, 0.717) is 12.2 Å². The summed E-state index contributed by atoms with van der Waals surface area (Å²) in [6.07, 6.45) is 0. The number of rotatable bonds is 2. The van der Waals surface area contributed by atoms with E-state index in [1.807, 2.05) is 0 Å². The largest absolute Gasteiger partial charge is 0.477 e. The fraction of sp³-hybridized carbons (Fsp3) is 0.429. The molecule has 5 heteroatoms. The summed E-state index contributed by atoms with van der Waals surface area (Å²) < 4.78 is 1.26. The summed E-state index contributed by atoms with van der Waals surface area (Å²) in [6.45, 7) is 3.78. The fourth-order valence-corrected chi connectivity index (χ4v) is 1.08. The molecule has 0 saturated carbocycles. The Balaban J connectivity index is 3.39. The molecule has 0 bridgehead atoms. The minimum absolute atomic E-state index is 0.170. The fourth-order valence-electron chi connectivity index (χ4n) is 1.08. The topological polar surface area (TPSA) is 75.1 Å². The lowest BCUT2D eigenvalue weighted by atomic mass is 10.3. The summed E-state index contributed by atoms with van der Waals surface area (Å²) in [5, 5.41) is 11.3. The van der Waals surface area contributed by atoms with Gasteiger partial charge in [0.25, 0.3) is 5.56 Å². The number of hydrogen-bond donors (Lipinski definition) is 2. The number of aromatic carboxylic acids is 1. The Morgan fingerprint density at radius 3 is 2.50 bits per heavy atom. The highest BCUT2D eigenvalue weighted by molar-refractivity contribution is 5.88. The second-order valence-electron chi connectivity index (χ2n) is 2.47. The third-order valence-electron chi connectivity index (χ3n) is 1.67. The van der Waals surface area contributed by atoms with Crippen LogP contribution in [0.15, 0.2) is 4.79 Å². The van der Waals surface area contributed by atoms with Gasteiger partial charge in [-0.05, 0) is 13.8 Å². The molecule has 5 nitrogen and oxygen atoms in total. The number of aromatic amines is 1. The van der Waals surface area contributed by atoms with Crippen molar-refractivity contribution in [3.63, 3.8) is 0 Å². The summed E-state index contributed by atoms with van der Waals surface area (Å²) >= 11 is 0. The van der Waals surface area contributed by atoms with E-state index in [1.54, 1.807) is 13.8 Å². The predicted octanol–water partition coefficient (Wildman–Crippen LogP) is 0.203. The number of hydrogen-bond acceptors (Lipinski definition) is 2. The smallest absolute Gasteiger partial charge is 0.343 e. The molecule has 0 atom stereocenters. The predicted molar refractivity (Wildman–Crippen MR) is 42.4 cm³/mol. The molecule has 0 radical (unpaired) electrons. The lowest BCUT2D eigenvalue weighted by Gasteiger charge is -1.90. The Morgan fingerprint density at radius 2 is 2.25 bits per heavy atom. The second kappa shape index (κ2) is 2.84. The monoisotopic (exact) mass is 170 g/mol. The molecule has 0 fully saturated rings. The van der Waals surface area contributed by atoms with Crippen LogP contribution >= 0.6 is 0 Å². The summed E-state index contributed by atoms with van der Waals surface area (Å²) in [6, 6.07) is 0. The van der Waals surface area contributed by atoms with Crippen molar-refractivity contribution in [3.05, 3.63) is 21.6 Å².